The monoisotopic (exact) mass is 309 g/mol. The molecule has 0 amide bonds. The maximum atomic E-state index is 4.20. The van der Waals surface area contributed by atoms with Gasteiger partial charge in [0.2, 0.25) is 0 Å². The van der Waals surface area contributed by atoms with Gasteiger partial charge in [-0.15, -0.1) is 11.3 Å². The Hall–Kier alpha value is -1.47. The zero-order valence-corrected chi connectivity index (χ0v) is 11.0. The van der Waals surface area contributed by atoms with E-state index in [4.69, 9.17) is 0 Å². The fraction of sp³-hybridized carbons (Fsp3) is 0.100. The van der Waals surface area contributed by atoms with E-state index in [1.165, 1.54) is 11.9 Å². The summed E-state index contributed by atoms with van der Waals surface area (Å²) in [5, 5.41) is 5.37. The van der Waals surface area contributed by atoms with E-state index in [-0.39, 0.29) is 0 Å². The van der Waals surface area contributed by atoms with Crippen molar-refractivity contribution in [2.45, 2.75) is 6.54 Å². The highest BCUT2D eigenvalue weighted by Crippen LogP contribution is 2.22. The van der Waals surface area contributed by atoms with Gasteiger partial charge in [-0.2, -0.15) is 0 Å². The van der Waals surface area contributed by atoms with Crippen LogP contribution in [-0.2, 0) is 6.54 Å². The van der Waals surface area contributed by atoms with Gasteiger partial charge in [-0.25, -0.2) is 15.0 Å². The molecule has 0 saturated carbocycles. The molecule has 0 radical (unpaired) electrons. The summed E-state index contributed by atoms with van der Waals surface area (Å²) in [5.74, 6) is 0.773. The lowest BCUT2D eigenvalue weighted by Crippen LogP contribution is -2.01. The summed E-state index contributed by atoms with van der Waals surface area (Å²) in [7, 11) is 0. The normalized spacial score (nSPS) is 10.9. The molecular formula is C10H8BrN5S. The van der Waals surface area contributed by atoms with Gasteiger partial charge in [0.25, 0.3) is 0 Å². The fourth-order valence-electron chi connectivity index (χ4n) is 1.52. The van der Waals surface area contributed by atoms with Crippen molar-refractivity contribution in [2.24, 2.45) is 0 Å². The van der Waals surface area contributed by atoms with E-state index in [0.717, 1.165) is 21.7 Å². The average molecular weight is 310 g/mol. The van der Waals surface area contributed by atoms with E-state index in [2.05, 4.69) is 52.6 Å². The Morgan fingerprint density at radius 2 is 2.29 bits per heavy atom. The molecule has 2 N–H and O–H groups in total. The molecule has 0 saturated heterocycles. The minimum Gasteiger partial charge on any atom is -0.364 e. The summed E-state index contributed by atoms with van der Waals surface area (Å²) in [5.41, 5.74) is 2.73. The average Bonchev–Trinajstić information content (AvgIpc) is 2.94. The summed E-state index contributed by atoms with van der Waals surface area (Å²) in [6.45, 7) is 0.729. The van der Waals surface area contributed by atoms with Gasteiger partial charge < -0.3 is 10.3 Å². The molecule has 0 unspecified atom stereocenters. The first kappa shape index (κ1) is 10.7. The molecule has 0 aliphatic rings. The number of aromatic amines is 1. The lowest BCUT2D eigenvalue weighted by Gasteiger charge is -2.03. The van der Waals surface area contributed by atoms with Crippen molar-refractivity contribution < 1.29 is 0 Å². The van der Waals surface area contributed by atoms with Gasteiger partial charge in [-0.3, -0.25) is 0 Å². The van der Waals surface area contributed by atoms with Crippen LogP contribution >= 0.6 is 27.3 Å². The van der Waals surface area contributed by atoms with E-state index in [1.807, 2.05) is 0 Å². The highest BCUT2D eigenvalue weighted by molar-refractivity contribution is 9.11. The van der Waals surface area contributed by atoms with E-state index in [1.54, 1.807) is 17.7 Å². The Labute approximate surface area is 109 Å². The predicted octanol–water partition coefficient (Wildman–Crippen LogP) is 2.79. The molecule has 0 spiro atoms. The minimum absolute atomic E-state index is 0.675. The Balaban J connectivity index is 1.83. The first-order valence-electron chi connectivity index (χ1n) is 4.94. The number of nitrogens with one attached hydrogen (secondary N) is 2. The summed E-state index contributed by atoms with van der Waals surface area (Å²) < 4.78 is 1.13. The third-order valence-electron chi connectivity index (χ3n) is 2.30. The van der Waals surface area contributed by atoms with Gasteiger partial charge in [0.05, 0.1) is 10.1 Å². The summed E-state index contributed by atoms with van der Waals surface area (Å²) in [6, 6.07) is 2.09. The summed E-state index contributed by atoms with van der Waals surface area (Å²) in [6.07, 6.45) is 3.13. The number of rotatable bonds is 3. The zero-order valence-electron chi connectivity index (χ0n) is 8.64. The minimum atomic E-state index is 0.675. The number of nitrogens with zero attached hydrogens (tertiary/aromatic N) is 3. The molecule has 7 heteroatoms. The second kappa shape index (κ2) is 4.42. The van der Waals surface area contributed by atoms with Crippen LogP contribution in [0.2, 0.25) is 0 Å². The van der Waals surface area contributed by atoms with E-state index in [9.17, 15) is 0 Å². The molecule has 3 heterocycles. The van der Waals surface area contributed by atoms with Crippen LogP contribution in [0.3, 0.4) is 0 Å². The van der Waals surface area contributed by atoms with Crippen LogP contribution in [0.4, 0.5) is 5.82 Å². The number of thiophene rings is 1. The first-order chi connectivity index (χ1) is 8.33. The Morgan fingerprint density at radius 1 is 1.35 bits per heavy atom. The Morgan fingerprint density at radius 3 is 3.12 bits per heavy atom. The molecule has 0 aliphatic heterocycles. The molecule has 86 valence electrons. The topological polar surface area (TPSA) is 66.5 Å². The number of halogens is 1. The van der Waals surface area contributed by atoms with E-state index < -0.39 is 0 Å². The molecule has 3 rings (SSSR count). The van der Waals surface area contributed by atoms with Crippen molar-refractivity contribution in [1.29, 1.82) is 0 Å². The summed E-state index contributed by atoms with van der Waals surface area (Å²) in [4.78, 5) is 15.4. The van der Waals surface area contributed by atoms with Gasteiger partial charge in [0.15, 0.2) is 11.5 Å². The van der Waals surface area contributed by atoms with E-state index >= 15 is 0 Å². The Kier molecular flexibility index (Phi) is 2.77. The number of aromatic nitrogens is 4. The third kappa shape index (κ3) is 2.16. The molecule has 0 aliphatic carbocycles. The molecule has 17 heavy (non-hydrogen) atoms. The number of anilines is 1. The fourth-order valence-corrected chi connectivity index (χ4v) is 2.73. The highest BCUT2D eigenvalue weighted by Gasteiger charge is 2.05. The maximum Gasteiger partial charge on any atom is 0.182 e. The molecule has 3 aromatic rings. The maximum absolute atomic E-state index is 4.20. The van der Waals surface area contributed by atoms with Crippen LogP contribution < -0.4 is 5.32 Å². The van der Waals surface area contributed by atoms with Crippen molar-refractivity contribution in [3.8, 4) is 0 Å². The number of fused-ring (bicyclic) bond motifs is 1. The van der Waals surface area contributed by atoms with Crippen molar-refractivity contribution in [3.63, 3.8) is 0 Å². The summed E-state index contributed by atoms with van der Waals surface area (Å²) >= 11 is 5.11. The molecule has 0 atom stereocenters. The zero-order chi connectivity index (χ0) is 11.7. The van der Waals surface area contributed by atoms with E-state index in [0.29, 0.717) is 5.65 Å². The van der Waals surface area contributed by atoms with Crippen molar-refractivity contribution >= 4 is 44.2 Å². The van der Waals surface area contributed by atoms with Crippen molar-refractivity contribution in [2.75, 3.05) is 5.32 Å². The van der Waals surface area contributed by atoms with Gasteiger partial charge in [-0.1, -0.05) is 0 Å². The predicted molar refractivity (Wildman–Crippen MR) is 71.0 cm³/mol. The highest BCUT2D eigenvalue weighted by atomic mass is 79.9. The van der Waals surface area contributed by atoms with Crippen LogP contribution in [0.25, 0.3) is 11.2 Å². The van der Waals surface area contributed by atoms with Crippen LogP contribution in [0.1, 0.15) is 5.56 Å². The quantitative estimate of drug-likeness (QED) is 0.780. The smallest absolute Gasteiger partial charge is 0.182 e. The van der Waals surface area contributed by atoms with Crippen molar-refractivity contribution in [3.05, 3.63) is 33.5 Å². The van der Waals surface area contributed by atoms with Crippen LogP contribution in [0.15, 0.2) is 27.9 Å². The lowest BCUT2D eigenvalue weighted by molar-refractivity contribution is 1.10. The van der Waals surface area contributed by atoms with Crippen LogP contribution in [0, 0.1) is 0 Å². The molecular weight excluding hydrogens is 302 g/mol. The van der Waals surface area contributed by atoms with Gasteiger partial charge in [-0.05, 0) is 32.9 Å². The number of hydrogen-bond donors (Lipinski definition) is 2. The molecule has 5 nitrogen and oxygen atoms in total. The van der Waals surface area contributed by atoms with Crippen molar-refractivity contribution in [1.82, 2.24) is 19.9 Å². The SMILES string of the molecule is Brc1cc(CNc2ncnc3nc[nH]c23)cs1. The second-order valence-electron chi connectivity index (χ2n) is 3.44. The van der Waals surface area contributed by atoms with Gasteiger partial charge in [0, 0.05) is 6.54 Å². The van der Waals surface area contributed by atoms with Gasteiger partial charge in [0.1, 0.15) is 11.8 Å². The van der Waals surface area contributed by atoms with Gasteiger partial charge >= 0.3 is 0 Å². The standard InChI is InChI=1S/C10H8BrN5S/c11-7-1-6(3-17-7)2-12-9-8-10(14-4-13-8)16-5-15-9/h1,3-5H,2H2,(H2,12,13,14,15,16). The Bertz CT molecular complexity index is 647. The second-order valence-corrected chi connectivity index (χ2v) is 5.73. The lowest BCUT2D eigenvalue weighted by atomic mass is 10.3. The molecule has 0 aromatic carbocycles. The largest absolute Gasteiger partial charge is 0.364 e. The number of hydrogen-bond acceptors (Lipinski definition) is 5. The number of imidazole rings is 1. The molecule has 3 aromatic heterocycles. The van der Waals surface area contributed by atoms with Crippen LogP contribution in [-0.4, -0.2) is 19.9 Å². The first-order valence-corrected chi connectivity index (χ1v) is 6.61. The molecule has 0 bridgehead atoms. The number of H-pyrrole nitrogens is 1. The molecule has 0 fully saturated rings. The third-order valence-corrected chi connectivity index (χ3v) is 3.86. The van der Waals surface area contributed by atoms with Crippen LogP contribution in [0.5, 0.6) is 0 Å².